The molecule has 0 bridgehead atoms. The van der Waals surface area contributed by atoms with Gasteiger partial charge in [0.1, 0.15) is 4.21 Å². The minimum atomic E-state index is -3.41. The van der Waals surface area contributed by atoms with Crippen molar-refractivity contribution in [3.05, 3.63) is 15.9 Å². The second kappa shape index (κ2) is 5.95. The van der Waals surface area contributed by atoms with Gasteiger partial charge in [-0.1, -0.05) is 29.8 Å². The molecule has 0 aliphatic heterocycles. The van der Waals surface area contributed by atoms with Crippen LogP contribution in [0.5, 0.6) is 0 Å². The summed E-state index contributed by atoms with van der Waals surface area (Å²) in [6.07, 6.45) is 0. The molecular weight excluding hydrogens is 378 g/mol. The van der Waals surface area contributed by atoms with Crippen molar-refractivity contribution in [2.24, 2.45) is 5.92 Å². The van der Waals surface area contributed by atoms with Crippen LogP contribution in [-0.2, 0) is 10.0 Å². The van der Waals surface area contributed by atoms with Crippen LogP contribution in [-0.4, -0.2) is 19.8 Å². The van der Waals surface area contributed by atoms with Crippen LogP contribution < -0.4 is 4.72 Å². The summed E-state index contributed by atoms with van der Waals surface area (Å²) < 4.78 is 27.7. The molecule has 1 aromatic rings. The third-order valence-corrected chi connectivity index (χ3v) is 6.96. The number of nitrogens with one attached hydrogen (secondary N) is 1. The van der Waals surface area contributed by atoms with E-state index in [2.05, 4.69) is 36.6 Å². The summed E-state index contributed by atoms with van der Waals surface area (Å²) in [5.74, 6) is 0.243. The fourth-order valence-electron chi connectivity index (χ4n) is 1.07. The quantitative estimate of drug-likeness (QED) is 0.784. The number of thiophene rings is 1. The van der Waals surface area contributed by atoms with Gasteiger partial charge in [0.2, 0.25) is 0 Å². The summed E-state index contributed by atoms with van der Waals surface area (Å²) in [6, 6.07) is 1.64. The monoisotopic (exact) mass is 389 g/mol. The van der Waals surface area contributed by atoms with Gasteiger partial charge < -0.3 is 0 Å². The number of hydrogen-bond acceptors (Lipinski definition) is 3. The summed E-state index contributed by atoms with van der Waals surface area (Å²) in [6.45, 7) is 3.97. The summed E-state index contributed by atoms with van der Waals surface area (Å²) in [4.78, 5) is 0. The van der Waals surface area contributed by atoms with E-state index in [4.69, 9.17) is 0 Å². The van der Waals surface area contributed by atoms with E-state index in [1.54, 1.807) is 11.4 Å². The third kappa shape index (κ3) is 3.53. The molecule has 92 valence electrons. The van der Waals surface area contributed by atoms with Crippen molar-refractivity contribution in [3.8, 4) is 0 Å². The van der Waals surface area contributed by atoms with Gasteiger partial charge in [-0.15, -0.1) is 11.3 Å². The van der Waals surface area contributed by atoms with Gasteiger partial charge in [0.25, 0.3) is 10.0 Å². The predicted molar refractivity (Wildman–Crippen MR) is 74.8 cm³/mol. The van der Waals surface area contributed by atoms with Gasteiger partial charge in [-0.3, -0.25) is 0 Å². The van der Waals surface area contributed by atoms with Crippen LogP contribution in [0.2, 0.25) is 0 Å². The lowest BCUT2D eigenvalue weighted by atomic mass is 10.1. The average molecular weight is 391 g/mol. The summed E-state index contributed by atoms with van der Waals surface area (Å²) in [5, 5.41) is 2.35. The van der Waals surface area contributed by atoms with Gasteiger partial charge in [0.15, 0.2) is 0 Å². The van der Waals surface area contributed by atoms with E-state index in [9.17, 15) is 8.42 Å². The summed E-state index contributed by atoms with van der Waals surface area (Å²) in [7, 11) is -3.41. The maximum Gasteiger partial charge on any atom is 0.251 e. The van der Waals surface area contributed by atoms with Crippen molar-refractivity contribution in [1.82, 2.24) is 4.72 Å². The molecule has 0 fully saturated rings. The maximum absolute atomic E-state index is 12.0. The van der Waals surface area contributed by atoms with Crippen molar-refractivity contribution in [1.29, 1.82) is 0 Å². The molecule has 1 unspecified atom stereocenters. The number of alkyl halides is 1. The summed E-state index contributed by atoms with van der Waals surface area (Å²) in [5.41, 5.74) is 0. The molecule has 0 amide bonds. The van der Waals surface area contributed by atoms with Crippen LogP contribution in [0.4, 0.5) is 0 Å². The average Bonchev–Trinajstić information content (AvgIpc) is 2.61. The molecule has 0 aromatic carbocycles. The number of halogens is 2. The van der Waals surface area contributed by atoms with Gasteiger partial charge in [-0.25, -0.2) is 13.1 Å². The van der Waals surface area contributed by atoms with Crippen molar-refractivity contribution < 1.29 is 8.42 Å². The molecule has 1 N–H and O–H groups in total. The molecule has 0 aliphatic rings. The van der Waals surface area contributed by atoms with Crippen molar-refractivity contribution >= 4 is 53.2 Å². The van der Waals surface area contributed by atoms with Crippen molar-refractivity contribution in [3.63, 3.8) is 0 Å². The van der Waals surface area contributed by atoms with Crippen LogP contribution in [0.1, 0.15) is 13.8 Å². The highest BCUT2D eigenvalue weighted by Crippen LogP contribution is 2.27. The van der Waals surface area contributed by atoms with Gasteiger partial charge in [-0.2, -0.15) is 0 Å². The van der Waals surface area contributed by atoms with E-state index >= 15 is 0 Å². The van der Waals surface area contributed by atoms with Crippen LogP contribution in [0.3, 0.4) is 0 Å². The minimum absolute atomic E-state index is 0.0981. The first-order chi connectivity index (χ1) is 7.38. The molecule has 1 aromatic heterocycles. The molecule has 3 nitrogen and oxygen atoms in total. The van der Waals surface area contributed by atoms with E-state index < -0.39 is 10.0 Å². The Labute approximate surface area is 117 Å². The molecule has 0 aliphatic carbocycles. The zero-order chi connectivity index (χ0) is 12.3. The SMILES string of the molecule is CC(C)C(CBr)NS(=O)(=O)c1sccc1Br. The molecule has 1 atom stereocenters. The topological polar surface area (TPSA) is 46.2 Å². The van der Waals surface area contributed by atoms with Gasteiger partial charge in [0, 0.05) is 15.8 Å². The lowest BCUT2D eigenvalue weighted by Crippen LogP contribution is -2.39. The molecule has 1 heterocycles. The Kier molecular flexibility index (Phi) is 5.44. The van der Waals surface area contributed by atoms with E-state index in [-0.39, 0.29) is 12.0 Å². The Hall–Kier alpha value is 0.570. The van der Waals surface area contributed by atoms with Gasteiger partial charge in [0.05, 0.1) is 0 Å². The molecular formula is C9H13Br2NO2S2. The Morgan fingerprint density at radius 2 is 2.12 bits per heavy atom. The second-order valence-corrected chi connectivity index (χ2v) is 8.01. The van der Waals surface area contributed by atoms with E-state index in [0.29, 0.717) is 14.0 Å². The second-order valence-electron chi connectivity index (χ2n) is 3.68. The lowest BCUT2D eigenvalue weighted by molar-refractivity contribution is 0.484. The molecule has 7 heteroatoms. The first-order valence-electron chi connectivity index (χ1n) is 4.69. The molecule has 1 rings (SSSR count). The van der Waals surface area contributed by atoms with Crippen LogP contribution in [0, 0.1) is 5.92 Å². The zero-order valence-corrected chi connectivity index (χ0v) is 13.7. The third-order valence-electron chi connectivity index (χ3n) is 2.11. The highest BCUT2D eigenvalue weighted by Gasteiger charge is 2.24. The van der Waals surface area contributed by atoms with E-state index in [0.717, 1.165) is 0 Å². The highest BCUT2D eigenvalue weighted by atomic mass is 79.9. The van der Waals surface area contributed by atoms with Crippen molar-refractivity contribution in [2.45, 2.75) is 24.1 Å². The maximum atomic E-state index is 12.0. The molecule has 0 spiro atoms. The van der Waals surface area contributed by atoms with Gasteiger partial charge in [-0.05, 0) is 33.3 Å². The molecule has 0 saturated heterocycles. The molecule has 0 saturated carbocycles. The van der Waals surface area contributed by atoms with Crippen LogP contribution in [0.15, 0.2) is 20.1 Å². The van der Waals surface area contributed by atoms with Crippen LogP contribution in [0.25, 0.3) is 0 Å². The first-order valence-corrected chi connectivity index (χ1v) is 8.97. The fraction of sp³-hybridized carbons (Fsp3) is 0.556. The molecule has 0 radical (unpaired) electrons. The Bertz CT molecular complexity index is 442. The lowest BCUT2D eigenvalue weighted by Gasteiger charge is -2.19. The Morgan fingerprint density at radius 3 is 2.50 bits per heavy atom. The van der Waals surface area contributed by atoms with E-state index in [1.807, 2.05) is 13.8 Å². The standard InChI is InChI=1S/C9H13Br2NO2S2/c1-6(2)8(5-10)12-16(13,14)9-7(11)3-4-15-9/h3-4,6,8,12H,5H2,1-2H3. The number of hydrogen-bond donors (Lipinski definition) is 1. The predicted octanol–water partition coefficient (Wildman–Crippen LogP) is 3.21. The fourth-order valence-corrected chi connectivity index (χ4v) is 5.93. The Balaban J connectivity index is 2.92. The van der Waals surface area contributed by atoms with E-state index in [1.165, 1.54) is 11.3 Å². The van der Waals surface area contributed by atoms with Crippen molar-refractivity contribution in [2.75, 3.05) is 5.33 Å². The summed E-state index contributed by atoms with van der Waals surface area (Å²) >= 11 is 7.75. The largest absolute Gasteiger partial charge is 0.251 e. The Morgan fingerprint density at radius 1 is 1.50 bits per heavy atom. The highest BCUT2D eigenvalue weighted by molar-refractivity contribution is 9.10. The zero-order valence-electron chi connectivity index (χ0n) is 8.91. The number of sulfonamides is 1. The smallest absolute Gasteiger partial charge is 0.206 e. The number of rotatable bonds is 5. The minimum Gasteiger partial charge on any atom is -0.206 e. The molecule has 16 heavy (non-hydrogen) atoms. The first kappa shape index (κ1) is 14.6. The van der Waals surface area contributed by atoms with Gasteiger partial charge >= 0.3 is 0 Å². The normalized spacial score (nSPS) is 14.3. The van der Waals surface area contributed by atoms with Crippen LogP contribution >= 0.6 is 43.2 Å².